The quantitative estimate of drug-likeness (QED) is 0.415. The molecule has 1 fully saturated rings. The minimum absolute atomic E-state index is 0.406. The zero-order valence-corrected chi connectivity index (χ0v) is 20.5. The molecule has 1 aromatic rings. The normalized spacial score (nSPS) is 15.3. The topological polar surface area (TPSA) is 100 Å². The monoisotopic (exact) mass is 448 g/mol. The van der Waals surface area contributed by atoms with Crippen LogP contribution < -0.4 is 20.9 Å². The number of aromatic nitrogens is 1. The number of nitrogens with zero attached hydrogens (tertiary/aromatic N) is 3. The van der Waals surface area contributed by atoms with Crippen molar-refractivity contribution in [2.45, 2.75) is 65.1 Å². The predicted molar refractivity (Wildman–Crippen MR) is 128 cm³/mol. The van der Waals surface area contributed by atoms with Crippen molar-refractivity contribution in [2.75, 3.05) is 44.8 Å². The summed E-state index contributed by atoms with van der Waals surface area (Å²) in [5, 5.41) is 9.80. The second-order valence-electron chi connectivity index (χ2n) is 8.98. The molecule has 0 unspecified atom stereocenters. The predicted octanol–water partition coefficient (Wildman–Crippen LogP) is 2.67. The highest BCUT2D eigenvalue weighted by Gasteiger charge is 2.30. The number of guanidine groups is 1. The Balaban J connectivity index is 1.98. The smallest absolute Gasteiger partial charge is 0.408 e. The maximum Gasteiger partial charge on any atom is 0.408 e. The third kappa shape index (κ3) is 7.85. The van der Waals surface area contributed by atoms with Gasteiger partial charge in [-0.2, -0.15) is 0 Å². The Kier molecular flexibility index (Phi) is 9.56. The molecule has 0 bridgehead atoms. The van der Waals surface area contributed by atoms with Crippen LogP contribution in [0.2, 0.25) is 0 Å². The summed E-state index contributed by atoms with van der Waals surface area (Å²) in [4.78, 5) is 23.6. The molecule has 0 aliphatic carbocycles. The summed E-state index contributed by atoms with van der Waals surface area (Å²) in [6.45, 7) is 13.9. The van der Waals surface area contributed by atoms with Gasteiger partial charge in [0, 0.05) is 45.0 Å². The molecule has 0 spiro atoms. The molecule has 32 heavy (non-hydrogen) atoms. The highest BCUT2D eigenvalue weighted by molar-refractivity contribution is 5.80. The van der Waals surface area contributed by atoms with E-state index in [1.54, 1.807) is 7.05 Å². The molecule has 9 nitrogen and oxygen atoms in total. The summed E-state index contributed by atoms with van der Waals surface area (Å²) in [7, 11) is 1.74. The van der Waals surface area contributed by atoms with E-state index in [0.29, 0.717) is 32.3 Å². The van der Waals surface area contributed by atoms with Crippen LogP contribution in [0, 0.1) is 0 Å². The Morgan fingerprint density at radius 3 is 2.50 bits per heavy atom. The van der Waals surface area contributed by atoms with Gasteiger partial charge in [-0.25, -0.2) is 9.78 Å². The molecule has 0 saturated carbocycles. The zero-order valence-electron chi connectivity index (χ0n) is 20.5. The summed E-state index contributed by atoms with van der Waals surface area (Å²) < 4.78 is 10.9. The number of amides is 1. The minimum atomic E-state index is -0.537. The van der Waals surface area contributed by atoms with Crippen LogP contribution in [0.25, 0.3) is 0 Å². The summed E-state index contributed by atoms with van der Waals surface area (Å²) >= 11 is 0. The van der Waals surface area contributed by atoms with Gasteiger partial charge in [0.05, 0.1) is 18.8 Å². The van der Waals surface area contributed by atoms with E-state index in [2.05, 4.69) is 50.7 Å². The molecule has 0 atom stereocenters. The highest BCUT2D eigenvalue weighted by atomic mass is 16.6. The fourth-order valence-corrected chi connectivity index (χ4v) is 3.52. The maximum absolute atomic E-state index is 12.4. The van der Waals surface area contributed by atoms with Crippen LogP contribution in [0.5, 0.6) is 0 Å². The number of aliphatic imine (C=N–C) groups is 1. The number of carbonyl (C=O) groups excluding carboxylic acids is 1. The number of anilines is 1. The molecule has 2 heterocycles. The van der Waals surface area contributed by atoms with Gasteiger partial charge in [-0.1, -0.05) is 19.9 Å². The van der Waals surface area contributed by atoms with Gasteiger partial charge >= 0.3 is 6.09 Å². The number of pyridine rings is 1. The molecular formula is C23H40N6O3. The minimum Gasteiger partial charge on any atom is -0.444 e. The summed E-state index contributed by atoms with van der Waals surface area (Å²) in [5.41, 5.74) is 0.124. The van der Waals surface area contributed by atoms with Crippen molar-refractivity contribution in [3.63, 3.8) is 0 Å². The van der Waals surface area contributed by atoms with Crippen molar-refractivity contribution in [3.8, 4) is 0 Å². The van der Waals surface area contributed by atoms with E-state index < -0.39 is 17.2 Å². The van der Waals surface area contributed by atoms with Gasteiger partial charge in [-0.05, 0) is 39.7 Å². The first-order valence-corrected chi connectivity index (χ1v) is 11.4. The molecule has 1 aromatic heterocycles. The largest absolute Gasteiger partial charge is 0.444 e. The summed E-state index contributed by atoms with van der Waals surface area (Å²) in [5.74, 6) is 1.64. The van der Waals surface area contributed by atoms with E-state index in [1.165, 1.54) is 0 Å². The molecule has 1 amide bonds. The fraction of sp³-hybridized carbons (Fsp3) is 0.696. The molecule has 3 N–H and O–H groups in total. The molecule has 2 rings (SSSR count). The van der Waals surface area contributed by atoms with Gasteiger partial charge in [-0.15, -0.1) is 0 Å². The van der Waals surface area contributed by atoms with Gasteiger partial charge in [0.2, 0.25) is 0 Å². The lowest BCUT2D eigenvalue weighted by Crippen LogP contribution is -2.57. The molecule has 9 heteroatoms. The lowest BCUT2D eigenvalue weighted by atomic mass is 9.93. The van der Waals surface area contributed by atoms with Crippen LogP contribution in [-0.4, -0.2) is 68.1 Å². The maximum atomic E-state index is 12.4. The van der Waals surface area contributed by atoms with E-state index >= 15 is 0 Å². The van der Waals surface area contributed by atoms with Crippen molar-refractivity contribution in [3.05, 3.63) is 23.9 Å². The van der Waals surface area contributed by atoms with Gasteiger partial charge in [0.15, 0.2) is 5.96 Å². The first-order valence-electron chi connectivity index (χ1n) is 11.4. The van der Waals surface area contributed by atoms with Crippen molar-refractivity contribution in [1.29, 1.82) is 0 Å². The lowest BCUT2D eigenvalue weighted by Gasteiger charge is -2.34. The lowest BCUT2D eigenvalue weighted by molar-refractivity contribution is 0.0448. The van der Waals surface area contributed by atoms with E-state index in [-0.39, 0.29) is 0 Å². The molecular weight excluding hydrogens is 408 g/mol. The SMILES string of the molecule is CCC(CC)(CNC(=NC)NCc1cccnc1N1CCOCC1)NC(=O)OC(C)(C)C. The summed E-state index contributed by atoms with van der Waals surface area (Å²) in [6, 6.07) is 4.02. The van der Waals surface area contributed by atoms with Crippen LogP contribution >= 0.6 is 0 Å². The number of nitrogens with one attached hydrogen (secondary N) is 3. The number of carbonyl (C=O) groups is 1. The van der Waals surface area contributed by atoms with Gasteiger partial charge in [0.1, 0.15) is 11.4 Å². The average Bonchev–Trinajstić information content (AvgIpc) is 2.78. The molecule has 180 valence electrons. The van der Waals surface area contributed by atoms with E-state index in [0.717, 1.165) is 37.3 Å². The second-order valence-corrected chi connectivity index (χ2v) is 8.98. The molecule has 1 aliphatic rings. The Morgan fingerprint density at radius 1 is 1.22 bits per heavy atom. The Labute approximate surface area is 192 Å². The average molecular weight is 449 g/mol. The number of hydrogen-bond acceptors (Lipinski definition) is 6. The number of alkyl carbamates (subject to hydrolysis) is 1. The van der Waals surface area contributed by atoms with E-state index in [1.807, 2.05) is 33.0 Å². The Morgan fingerprint density at radius 2 is 1.91 bits per heavy atom. The number of rotatable bonds is 8. The van der Waals surface area contributed by atoms with Gasteiger partial charge in [-0.3, -0.25) is 4.99 Å². The Hall–Kier alpha value is -2.55. The molecule has 0 aromatic carbocycles. The van der Waals surface area contributed by atoms with Crippen LogP contribution in [0.15, 0.2) is 23.3 Å². The third-order valence-electron chi connectivity index (χ3n) is 5.56. The first kappa shape index (κ1) is 25.7. The van der Waals surface area contributed by atoms with Crippen LogP contribution in [-0.2, 0) is 16.0 Å². The number of morpholine rings is 1. The molecule has 1 aliphatic heterocycles. The van der Waals surface area contributed by atoms with E-state index in [4.69, 9.17) is 9.47 Å². The number of ether oxygens (including phenoxy) is 2. The van der Waals surface area contributed by atoms with Gasteiger partial charge < -0.3 is 30.3 Å². The van der Waals surface area contributed by atoms with Crippen molar-refractivity contribution >= 4 is 17.9 Å². The zero-order chi connectivity index (χ0) is 23.6. The standard InChI is InChI=1S/C23H40N6O3/c1-7-23(8-2,28-21(30)32-22(3,4)5)17-27-20(24-6)26-16-18-10-9-11-25-19(18)29-12-14-31-15-13-29/h9-11H,7-8,12-17H2,1-6H3,(H,28,30)(H2,24,26,27). The van der Waals surface area contributed by atoms with Crippen molar-refractivity contribution in [1.82, 2.24) is 20.9 Å². The van der Waals surface area contributed by atoms with Crippen molar-refractivity contribution < 1.29 is 14.3 Å². The first-order chi connectivity index (χ1) is 15.2. The Bertz CT molecular complexity index is 752. The van der Waals surface area contributed by atoms with Crippen LogP contribution in [0.4, 0.5) is 10.6 Å². The van der Waals surface area contributed by atoms with Crippen LogP contribution in [0.1, 0.15) is 53.0 Å². The number of hydrogen-bond donors (Lipinski definition) is 3. The third-order valence-corrected chi connectivity index (χ3v) is 5.56. The van der Waals surface area contributed by atoms with E-state index in [9.17, 15) is 4.79 Å². The van der Waals surface area contributed by atoms with Crippen LogP contribution in [0.3, 0.4) is 0 Å². The molecule has 0 radical (unpaired) electrons. The highest BCUT2D eigenvalue weighted by Crippen LogP contribution is 2.19. The van der Waals surface area contributed by atoms with Gasteiger partial charge in [0.25, 0.3) is 0 Å². The second kappa shape index (κ2) is 11.9. The molecule has 1 saturated heterocycles. The fourth-order valence-electron chi connectivity index (χ4n) is 3.52. The van der Waals surface area contributed by atoms with Crippen molar-refractivity contribution in [2.24, 2.45) is 4.99 Å². The summed E-state index contributed by atoms with van der Waals surface area (Å²) in [6.07, 6.45) is 2.93.